The summed E-state index contributed by atoms with van der Waals surface area (Å²) in [6.07, 6.45) is 0. The predicted molar refractivity (Wildman–Crippen MR) is 77.5 cm³/mol. The summed E-state index contributed by atoms with van der Waals surface area (Å²) >= 11 is 0. The molecular formula is C14H10F2N2O6. The molecule has 2 rings (SSSR count). The SMILES string of the molecule is Nc1[nH]c(=O)c(C(=O)O)c(-c2cccc(OC(F)F)c2)c1C(=O)O. The number of aromatic nitrogens is 1. The van der Waals surface area contributed by atoms with Crippen molar-refractivity contribution in [2.24, 2.45) is 0 Å². The van der Waals surface area contributed by atoms with Crippen molar-refractivity contribution in [2.75, 3.05) is 5.73 Å². The molecule has 8 nitrogen and oxygen atoms in total. The van der Waals surface area contributed by atoms with Crippen molar-refractivity contribution in [1.29, 1.82) is 0 Å². The van der Waals surface area contributed by atoms with Gasteiger partial charge in [-0.3, -0.25) is 4.79 Å². The van der Waals surface area contributed by atoms with Gasteiger partial charge in [0.2, 0.25) is 0 Å². The van der Waals surface area contributed by atoms with Crippen LogP contribution >= 0.6 is 0 Å². The molecule has 0 saturated carbocycles. The number of pyridine rings is 1. The van der Waals surface area contributed by atoms with E-state index in [2.05, 4.69) is 4.74 Å². The molecule has 0 bridgehead atoms. The zero-order chi connectivity index (χ0) is 18.0. The van der Waals surface area contributed by atoms with Gasteiger partial charge in [-0.1, -0.05) is 12.1 Å². The van der Waals surface area contributed by atoms with Crippen LogP contribution in [-0.4, -0.2) is 33.7 Å². The molecule has 2 aromatic rings. The van der Waals surface area contributed by atoms with Gasteiger partial charge >= 0.3 is 18.6 Å². The summed E-state index contributed by atoms with van der Waals surface area (Å²) in [5, 5.41) is 18.5. The normalized spacial score (nSPS) is 10.6. The number of alkyl halides is 2. The molecule has 1 heterocycles. The van der Waals surface area contributed by atoms with Gasteiger partial charge in [0, 0.05) is 5.56 Å². The molecule has 126 valence electrons. The average molecular weight is 340 g/mol. The van der Waals surface area contributed by atoms with E-state index in [1.165, 1.54) is 12.1 Å². The van der Waals surface area contributed by atoms with E-state index in [1.807, 2.05) is 4.98 Å². The summed E-state index contributed by atoms with van der Waals surface area (Å²) < 4.78 is 28.8. The number of hydrogen-bond donors (Lipinski definition) is 4. The Kier molecular flexibility index (Phi) is 4.49. The molecular weight excluding hydrogens is 330 g/mol. The predicted octanol–water partition coefficient (Wildman–Crippen LogP) is 1.62. The Morgan fingerprint density at radius 2 is 1.79 bits per heavy atom. The number of ether oxygens (including phenoxy) is 1. The van der Waals surface area contributed by atoms with Crippen LogP contribution in [0.15, 0.2) is 29.1 Å². The molecule has 0 fully saturated rings. The Bertz CT molecular complexity index is 878. The van der Waals surface area contributed by atoms with Crippen LogP contribution < -0.4 is 16.0 Å². The highest BCUT2D eigenvalue weighted by Gasteiger charge is 2.26. The van der Waals surface area contributed by atoms with E-state index in [0.29, 0.717) is 0 Å². The third-order valence-electron chi connectivity index (χ3n) is 3.02. The molecule has 0 saturated heterocycles. The molecule has 0 spiro atoms. The smallest absolute Gasteiger partial charge is 0.387 e. The first kappa shape index (κ1) is 16.9. The number of carbonyl (C=O) groups is 2. The van der Waals surface area contributed by atoms with Crippen LogP contribution in [0.25, 0.3) is 11.1 Å². The summed E-state index contributed by atoms with van der Waals surface area (Å²) in [6.45, 7) is -3.14. The first-order valence-corrected chi connectivity index (χ1v) is 6.30. The van der Waals surface area contributed by atoms with Gasteiger partial charge < -0.3 is 25.7 Å². The maximum absolute atomic E-state index is 12.3. The summed E-state index contributed by atoms with van der Waals surface area (Å²) in [7, 11) is 0. The average Bonchev–Trinajstić information content (AvgIpc) is 2.44. The van der Waals surface area contributed by atoms with Crippen molar-refractivity contribution >= 4 is 17.8 Å². The number of nitrogens with two attached hydrogens (primary N) is 1. The van der Waals surface area contributed by atoms with Crippen molar-refractivity contribution in [1.82, 2.24) is 4.98 Å². The summed E-state index contributed by atoms with van der Waals surface area (Å²) in [5.41, 5.74) is 2.17. The van der Waals surface area contributed by atoms with E-state index < -0.39 is 46.6 Å². The maximum atomic E-state index is 12.3. The van der Waals surface area contributed by atoms with Crippen molar-refractivity contribution in [3.8, 4) is 16.9 Å². The lowest BCUT2D eigenvalue weighted by Crippen LogP contribution is -2.24. The number of nitrogen functional groups attached to an aromatic ring is 1. The van der Waals surface area contributed by atoms with Crippen molar-refractivity contribution in [3.05, 3.63) is 45.7 Å². The molecule has 5 N–H and O–H groups in total. The van der Waals surface area contributed by atoms with Gasteiger partial charge in [0.15, 0.2) is 0 Å². The van der Waals surface area contributed by atoms with Gasteiger partial charge in [0.25, 0.3) is 5.56 Å². The fourth-order valence-electron chi connectivity index (χ4n) is 2.16. The number of hydrogen-bond acceptors (Lipinski definition) is 5. The number of aromatic amines is 1. The van der Waals surface area contributed by atoms with E-state index in [1.54, 1.807) is 0 Å². The third kappa shape index (κ3) is 3.16. The van der Waals surface area contributed by atoms with Crippen molar-refractivity contribution in [3.63, 3.8) is 0 Å². The number of carboxylic acids is 2. The second kappa shape index (κ2) is 6.36. The van der Waals surface area contributed by atoms with E-state index in [-0.39, 0.29) is 11.3 Å². The lowest BCUT2D eigenvalue weighted by atomic mass is 9.95. The Balaban J connectivity index is 2.84. The Morgan fingerprint density at radius 1 is 1.17 bits per heavy atom. The van der Waals surface area contributed by atoms with Gasteiger partial charge in [-0.05, 0) is 17.7 Å². The number of rotatable bonds is 5. The number of aromatic carboxylic acids is 2. The topological polar surface area (TPSA) is 143 Å². The Labute approximate surface area is 132 Å². The largest absolute Gasteiger partial charge is 0.478 e. The van der Waals surface area contributed by atoms with Gasteiger partial charge in [-0.25, -0.2) is 9.59 Å². The monoisotopic (exact) mass is 340 g/mol. The summed E-state index contributed by atoms with van der Waals surface area (Å²) in [4.78, 5) is 36.6. The molecule has 1 aromatic carbocycles. The van der Waals surface area contributed by atoms with Crippen LogP contribution in [0.5, 0.6) is 5.75 Å². The third-order valence-corrected chi connectivity index (χ3v) is 3.02. The number of nitrogens with one attached hydrogen (secondary N) is 1. The number of halogens is 2. The summed E-state index contributed by atoms with van der Waals surface area (Å²) in [5.74, 6) is -4.20. The quantitative estimate of drug-likeness (QED) is 0.647. The minimum Gasteiger partial charge on any atom is -0.478 e. The number of carboxylic acid groups (broad SMARTS) is 2. The highest BCUT2D eigenvalue weighted by Crippen LogP contribution is 2.31. The Morgan fingerprint density at radius 3 is 2.33 bits per heavy atom. The molecule has 1 aromatic heterocycles. The first-order valence-electron chi connectivity index (χ1n) is 6.30. The van der Waals surface area contributed by atoms with Crippen LogP contribution in [0.4, 0.5) is 14.6 Å². The number of anilines is 1. The zero-order valence-corrected chi connectivity index (χ0v) is 11.7. The fourth-order valence-corrected chi connectivity index (χ4v) is 2.16. The van der Waals surface area contributed by atoms with Gasteiger partial charge in [-0.15, -0.1) is 0 Å². The minimum absolute atomic E-state index is 0.124. The fraction of sp³-hybridized carbons (Fsp3) is 0.0714. The van der Waals surface area contributed by atoms with Gasteiger partial charge in [0.05, 0.1) is 0 Å². The molecule has 24 heavy (non-hydrogen) atoms. The second-order valence-electron chi connectivity index (χ2n) is 4.51. The zero-order valence-electron chi connectivity index (χ0n) is 11.7. The van der Waals surface area contributed by atoms with Gasteiger partial charge in [-0.2, -0.15) is 8.78 Å². The van der Waals surface area contributed by atoms with E-state index in [4.69, 9.17) is 5.73 Å². The van der Waals surface area contributed by atoms with Crippen molar-refractivity contribution < 1.29 is 33.3 Å². The van der Waals surface area contributed by atoms with Crippen molar-refractivity contribution in [2.45, 2.75) is 6.61 Å². The highest BCUT2D eigenvalue weighted by atomic mass is 19.3. The standard InChI is InChI=1S/C14H10F2N2O6/c15-14(16)24-6-3-1-2-5(4-6)7-8(12(20)21)10(17)18-11(19)9(7)13(22)23/h1-4,14H,(H,20,21)(H,22,23)(H3,17,18,19). The van der Waals surface area contributed by atoms with Crippen LogP contribution in [0.3, 0.4) is 0 Å². The minimum atomic E-state index is -3.14. The highest BCUT2D eigenvalue weighted by molar-refractivity contribution is 6.07. The molecule has 0 aliphatic carbocycles. The second-order valence-corrected chi connectivity index (χ2v) is 4.51. The van der Waals surface area contributed by atoms with Crippen LogP contribution in [-0.2, 0) is 0 Å². The molecule has 0 amide bonds. The van der Waals surface area contributed by atoms with Gasteiger partial charge in [0.1, 0.15) is 22.7 Å². The lowest BCUT2D eigenvalue weighted by molar-refractivity contribution is -0.0498. The maximum Gasteiger partial charge on any atom is 0.387 e. The van der Waals surface area contributed by atoms with E-state index in [0.717, 1.165) is 12.1 Å². The molecule has 0 radical (unpaired) electrons. The molecule has 0 atom stereocenters. The molecule has 0 aliphatic rings. The molecule has 0 aliphatic heterocycles. The summed E-state index contributed by atoms with van der Waals surface area (Å²) in [6, 6.07) is 4.62. The van der Waals surface area contributed by atoms with E-state index in [9.17, 15) is 33.4 Å². The van der Waals surface area contributed by atoms with Crippen LogP contribution in [0.2, 0.25) is 0 Å². The number of H-pyrrole nitrogens is 1. The van der Waals surface area contributed by atoms with E-state index >= 15 is 0 Å². The molecule has 0 unspecified atom stereocenters. The number of benzene rings is 1. The molecule has 10 heteroatoms. The lowest BCUT2D eigenvalue weighted by Gasteiger charge is -2.13. The Hall–Kier alpha value is -3.43. The van der Waals surface area contributed by atoms with Crippen LogP contribution in [0, 0.1) is 0 Å². The van der Waals surface area contributed by atoms with Crippen LogP contribution in [0.1, 0.15) is 20.7 Å². The first-order chi connectivity index (χ1) is 11.2.